The van der Waals surface area contributed by atoms with Gasteiger partial charge in [0.1, 0.15) is 4.83 Å². The zero-order valence-electron chi connectivity index (χ0n) is 15.4. The van der Waals surface area contributed by atoms with E-state index in [1.807, 2.05) is 24.3 Å². The van der Waals surface area contributed by atoms with E-state index in [2.05, 4.69) is 6.92 Å². The zero-order valence-corrected chi connectivity index (χ0v) is 17.1. The van der Waals surface area contributed by atoms with Gasteiger partial charge in [-0.15, -0.1) is 11.3 Å². The molecule has 0 amide bonds. The molecule has 0 aliphatic heterocycles. The molecule has 0 spiro atoms. The first-order valence-corrected chi connectivity index (χ1v) is 10.7. The molecular weight excluding hydrogens is 380 g/mol. The number of aryl methyl sites for hydroxylation is 1. The molecule has 27 heavy (non-hydrogen) atoms. The fraction of sp³-hybridized carbons (Fsp3) is 0.350. The molecule has 0 unspecified atom stereocenters. The van der Waals surface area contributed by atoms with Crippen molar-refractivity contribution in [3.05, 3.63) is 57.2 Å². The molecule has 0 radical (unpaired) electrons. The Kier molecular flexibility index (Phi) is 6.82. The van der Waals surface area contributed by atoms with Crippen LogP contribution < -0.4 is 5.56 Å². The number of carbonyl (C=O) groups excluding carboxylic acids is 1. The van der Waals surface area contributed by atoms with Gasteiger partial charge in [-0.05, 0) is 18.9 Å². The van der Waals surface area contributed by atoms with Crippen LogP contribution in [0.3, 0.4) is 0 Å². The highest BCUT2D eigenvalue weighted by molar-refractivity contribution is 7.99. The fourth-order valence-corrected chi connectivity index (χ4v) is 4.66. The lowest BCUT2D eigenvalue weighted by molar-refractivity contribution is 0.102. The second kappa shape index (κ2) is 9.30. The third kappa shape index (κ3) is 4.66. The Labute approximate surface area is 166 Å². The van der Waals surface area contributed by atoms with Crippen molar-refractivity contribution in [2.75, 3.05) is 19.5 Å². The van der Waals surface area contributed by atoms with Crippen molar-refractivity contribution in [2.45, 2.75) is 31.5 Å². The number of benzene rings is 1. The molecule has 3 rings (SSSR count). The molecule has 0 atom stereocenters. The van der Waals surface area contributed by atoms with Crippen LogP contribution in [0.25, 0.3) is 10.2 Å². The Morgan fingerprint density at radius 3 is 2.78 bits per heavy atom. The second-order valence-corrected chi connectivity index (χ2v) is 8.12. The molecule has 1 aromatic carbocycles. The third-order valence-corrected chi connectivity index (χ3v) is 6.32. The summed E-state index contributed by atoms with van der Waals surface area (Å²) in [6.07, 6.45) is 1.59. The minimum absolute atomic E-state index is 0.0267. The summed E-state index contributed by atoms with van der Waals surface area (Å²) in [5.41, 5.74) is 0.630. The molecule has 0 fully saturated rings. The molecule has 0 saturated heterocycles. The maximum absolute atomic E-state index is 13.0. The third-order valence-electron chi connectivity index (χ3n) is 4.17. The quantitative estimate of drug-likeness (QED) is 0.234. The van der Waals surface area contributed by atoms with Crippen molar-refractivity contribution < 1.29 is 9.53 Å². The molecule has 2 heterocycles. The van der Waals surface area contributed by atoms with Crippen LogP contribution in [0.15, 0.2) is 46.3 Å². The van der Waals surface area contributed by atoms with Crippen molar-refractivity contribution in [3.63, 3.8) is 0 Å². The Balaban J connectivity index is 1.90. The number of thiophene rings is 1. The van der Waals surface area contributed by atoms with Crippen LogP contribution in [0.4, 0.5) is 0 Å². The smallest absolute Gasteiger partial charge is 0.262 e. The van der Waals surface area contributed by atoms with E-state index in [4.69, 9.17) is 9.72 Å². The summed E-state index contributed by atoms with van der Waals surface area (Å²) in [6.45, 7) is 3.16. The van der Waals surface area contributed by atoms with Gasteiger partial charge in [-0.25, -0.2) is 4.98 Å². The summed E-state index contributed by atoms with van der Waals surface area (Å²) in [4.78, 5) is 32.0. The number of Topliss-reactive ketones (excluding diaryl/α,β-unsaturated/α-hetero) is 1. The fourth-order valence-electron chi connectivity index (χ4n) is 2.73. The largest absolute Gasteiger partial charge is 0.385 e. The second-order valence-electron chi connectivity index (χ2n) is 6.06. The van der Waals surface area contributed by atoms with Gasteiger partial charge >= 0.3 is 0 Å². The zero-order chi connectivity index (χ0) is 19.2. The van der Waals surface area contributed by atoms with E-state index in [-0.39, 0.29) is 17.1 Å². The van der Waals surface area contributed by atoms with E-state index in [1.165, 1.54) is 11.8 Å². The number of fused-ring (bicyclic) bond motifs is 1. The normalized spacial score (nSPS) is 11.2. The highest BCUT2D eigenvalue weighted by Crippen LogP contribution is 2.25. The predicted molar refractivity (Wildman–Crippen MR) is 111 cm³/mol. The molecule has 142 valence electrons. The topological polar surface area (TPSA) is 61.2 Å². The lowest BCUT2D eigenvalue weighted by Crippen LogP contribution is -2.24. The van der Waals surface area contributed by atoms with Gasteiger partial charge < -0.3 is 4.74 Å². The standard InChI is InChI=1S/C20H22N2O3S2/c1-3-15-12-16-18(27-15)21-20(22(19(16)24)10-7-11-25-2)26-13-17(23)14-8-5-4-6-9-14/h4-6,8-9,12H,3,7,10-11,13H2,1-2H3. The average molecular weight is 403 g/mol. The number of rotatable bonds is 9. The number of aromatic nitrogens is 2. The van der Waals surface area contributed by atoms with Crippen LogP contribution in [0.1, 0.15) is 28.6 Å². The van der Waals surface area contributed by atoms with E-state index < -0.39 is 0 Å². The van der Waals surface area contributed by atoms with Crippen LogP contribution in [-0.2, 0) is 17.7 Å². The molecular formula is C20H22N2O3S2. The lowest BCUT2D eigenvalue weighted by Gasteiger charge is -2.11. The van der Waals surface area contributed by atoms with Crippen molar-refractivity contribution in [3.8, 4) is 0 Å². The highest BCUT2D eigenvalue weighted by atomic mass is 32.2. The van der Waals surface area contributed by atoms with Crippen molar-refractivity contribution in [1.82, 2.24) is 9.55 Å². The maximum Gasteiger partial charge on any atom is 0.262 e. The number of ether oxygens (including phenoxy) is 1. The molecule has 5 nitrogen and oxygen atoms in total. The molecule has 0 aliphatic rings. The molecule has 7 heteroatoms. The SMILES string of the molecule is CCc1cc2c(=O)n(CCCOC)c(SCC(=O)c3ccccc3)nc2s1. The van der Waals surface area contributed by atoms with Crippen LogP contribution in [0.2, 0.25) is 0 Å². The minimum atomic E-state index is -0.0401. The van der Waals surface area contributed by atoms with Gasteiger partial charge in [0.2, 0.25) is 0 Å². The summed E-state index contributed by atoms with van der Waals surface area (Å²) in [5, 5.41) is 1.25. The van der Waals surface area contributed by atoms with Crippen molar-refractivity contribution >= 4 is 39.1 Å². The van der Waals surface area contributed by atoms with Gasteiger partial charge in [0.05, 0.1) is 11.1 Å². The predicted octanol–water partition coefficient (Wildman–Crippen LogP) is 4.03. The Bertz CT molecular complexity index is 980. The first-order valence-electron chi connectivity index (χ1n) is 8.87. The summed E-state index contributed by atoms with van der Waals surface area (Å²) >= 11 is 2.87. The Hall–Kier alpha value is -1.96. The number of thioether (sulfide) groups is 1. The number of methoxy groups -OCH3 is 1. The molecule has 3 aromatic rings. The molecule has 0 bridgehead atoms. The summed E-state index contributed by atoms with van der Waals surface area (Å²) in [7, 11) is 1.64. The monoisotopic (exact) mass is 402 g/mol. The van der Waals surface area contributed by atoms with Gasteiger partial charge in [-0.2, -0.15) is 0 Å². The molecule has 0 aliphatic carbocycles. The number of ketones is 1. The Morgan fingerprint density at radius 1 is 1.30 bits per heavy atom. The van der Waals surface area contributed by atoms with Crippen LogP contribution in [0, 0.1) is 0 Å². The highest BCUT2D eigenvalue weighted by Gasteiger charge is 2.16. The summed E-state index contributed by atoms with van der Waals surface area (Å²) in [5.74, 6) is 0.275. The van der Waals surface area contributed by atoms with Crippen LogP contribution in [-0.4, -0.2) is 34.8 Å². The van der Waals surface area contributed by atoms with E-state index in [0.717, 1.165) is 16.1 Å². The number of nitrogens with zero attached hydrogens (tertiary/aromatic N) is 2. The van der Waals surface area contributed by atoms with Gasteiger partial charge in [0.15, 0.2) is 10.9 Å². The lowest BCUT2D eigenvalue weighted by atomic mass is 10.2. The molecule has 2 aromatic heterocycles. The van der Waals surface area contributed by atoms with Gasteiger partial charge in [0, 0.05) is 30.7 Å². The molecule has 0 saturated carbocycles. The minimum Gasteiger partial charge on any atom is -0.385 e. The van der Waals surface area contributed by atoms with Gasteiger partial charge in [-0.3, -0.25) is 14.2 Å². The average Bonchev–Trinajstić information content (AvgIpc) is 3.12. The van der Waals surface area contributed by atoms with Gasteiger partial charge in [0.25, 0.3) is 5.56 Å². The first-order chi connectivity index (χ1) is 13.1. The van der Waals surface area contributed by atoms with E-state index in [9.17, 15) is 9.59 Å². The Morgan fingerprint density at radius 2 is 2.07 bits per heavy atom. The van der Waals surface area contributed by atoms with Crippen LogP contribution in [0.5, 0.6) is 0 Å². The van der Waals surface area contributed by atoms with E-state index in [1.54, 1.807) is 35.1 Å². The number of hydrogen-bond donors (Lipinski definition) is 0. The first kappa shape index (κ1) is 19.8. The molecule has 0 N–H and O–H groups in total. The van der Waals surface area contributed by atoms with E-state index in [0.29, 0.717) is 35.7 Å². The maximum atomic E-state index is 13.0. The van der Waals surface area contributed by atoms with Gasteiger partial charge in [-0.1, -0.05) is 49.0 Å². The number of carbonyl (C=O) groups is 1. The van der Waals surface area contributed by atoms with Crippen molar-refractivity contribution in [2.24, 2.45) is 0 Å². The summed E-state index contributed by atoms with van der Waals surface area (Å²) < 4.78 is 6.79. The summed E-state index contributed by atoms with van der Waals surface area (Å²) in [6, 6.07) is 11.1. The van der Waals surface area contributed by atoms with Crippen molar-refractivity contribution in [1.29, 1.82) is 0 Å². The van der Waals surface area contributed by atoms with Crippen LogP contribution >= 0.6 is 23.1 Å². The number of hydrogen-bond acceptors (Lipinski definition) is 6. The van der Waals surface area contributed by atoms with E-state index >= 15 is 0 Å².